The van der Waals surface area contributed by atoms with Gasteiger partial charge in [-0.15, -0.1) is 0 Å². The van der Waals surface area contributed by atoms with E-state index in [1.165, 1.54) is 10.8 Å². The number of anilines is 1. The van der Waals surface area contributed by atoms with Crippen LogP contribution < -0.4 is 5.32 Å². The second kappa shape index (κ2) is 6.24. The molecule has 1 aliphatic heterocycles. The van der Waals surface area contributed by atoms with Gasteiger partial charge in [0.1, 0.15) is 0 Å². The normalized spacial score (nSPS) is 14.5. The van der Waals surface area contributed by atoms with Crippen molar-refractivity contribution in [1.29, 1.82) is 0 Å². The molecule has 0 unspecified atom stereocenters. The van der Waals surface area contributed by atoms with Gasteiger partial charge in [-0.2, -0.15) is 0 Å². The first-order valence-electron chi connectivity index (χ1n) is 9.42. The number of aryl methyl sites for hydroxylation is 1. The SMILES string of the molecule is Cc1cc(/C=C2/C(=O)Nc3ccccc32)c(C)n1-c1ccc2ccccc2c1. The number of benzene rings is 3. The Labute approximate surface area is 163 Å². The minimum absolute atomic E-state index is 0.0447. The molecule has 5 rings (SSSR count). The molecular weight excluding hydrogens is 344 g/mol. The third-order valence-electron chi connectivity index (χ3n) is 5.47. The summed E-state index contributed by atoms with van der Waals surface area (Å²) < 4.78 is 2.25. The molecule has 0 bridgehead atoms. The molecular formula is C25H20N2O. The van der Waals surface area contributed by atoms with Gasteiger partial charge in [0.05, 0.1) is 0 Å². The van der Waals surface area contributed by atoms with Crippen LogP contribution >= 0.6 is 0 Å². The van der Waals surface area contributed by atoms with Crippen LogP contribution in [-0.4, -0.2) is 10.5 Å². The topological polar surface area (TPSA) is 34.0 Å². The highest BCUT2D eigenvalue weighted by Gasteiger charge is 2.24. The summed E-state index contributed by atoms with van der Waals surface area (Å²) in [6, 6.07) is 24.9. The average molecular weight is 364 g/mol. The van der Waals surface area contributed by atoms with Crippen LogP contribution in [-0.2, 0) is 4.79 Å². The second-order valence-corrected chi connectivity index (χ2v) is 7.25. The van der Waals surface area contributed by atoms with Crippen LogP contribution in [0.4, 0.5) is 5.69 Å². The van der Waals surface area contributed by atoms with Crippen LogP contribution in [0.5, 0.6) is 0 Å². The van der Waals surface area contributed by atoms with E-state index in [9.17, 15) is 4.79 Å². The van der Waals surface area contributed by atoms with Gasteiger partial charge in [-0.25, -0.2) is 0 Å². The van der Waals surface area contributed by atoms with Gasteiger partial charge in [0.25, 0.3) is 5.91 Å². The van der Waals surface area contributed by atoms with Crippen LogP contribution in [0.3, 0.4) is 0 Å². The maximum atomic E-state index is 12.5. The lowest BCUT2D eigenvalue weighted by Crippen LogP contribution is -2.03. The Balaban J connectivity index is 1.63. The second-order valence-electron chi connectivity index (χ2n) is 7.25. The molecule has 1 aromatic heterocycles. The van der Waals surface area contributed by atoms with E-state index in [1.54, 1.807) is 0 Å². The number of carbonyl (C=O) groups excluding carboxylic acids is 1. The zero-order chi connectivity index (χ0) is 19.3. The van der Waals surface area contributed by atoms with E-state index in [-0.39, 0.29) is 5.91 Å². The van der Waals surface area contributed by atoms with E-state index in [4.69, 9.17) is 0 Å². The van der Waals surface area contributed by atoms with Gasteiger partial charge in [0.15, 0.2) is 0 Å². The number of hydrogen-bond donors (Lipinski definition) is 1. The first-order valence-corrected chi connectivity index (χ1v) is 9.42. The van der Waals surface area contributed by atoms with Crippen LogP contribution in [0.1, 0.15) is 22.5 Å². The van der Waals surface area contributed by atoms with E-state index in [0.717, 1.165) is 39.5 Å². The van der Waals surface area contributed by atoms with Crippen molar-refractivity contribution in [3.8, 4) is 5.69 Å². The number of nitrogens with zero attached hydrogens (tertiary/aromatic N) is 1. The van der Waals surface area contributed by atoms with Gasteiger partial charge in [-0.05, 0) is 60.5 Å². The average Bonchev–Trinajstić information content (AvgIpc) is 3.17. The van der Waals surface area contributed by atoms with E-state index in [0.29, 0.717) is 0 Å². The molecule has 0 saturated heterocycles. The van der Waals surface area contributed by atoms with Crippen molar-refractivity contribution in [2.75, 3.05) is 5.32 Å². The minimum Gasteiger partial charge on any atom is -0.321 e. The zero-order valence-electron chi connectivity index (χ0n) is 15.9. The molecule has 136 valence electrons. The number of hydrogen-bond acceptors (Lipinski definition) is 1. The van der Waals surface area contributed by atoms with E-state index in [1.807, 2.05) is 30.3 Å². The van der Waals surface area contributed by atoms with Gasteiger partial charge in [0, 0.05) is 33.9 Å². The fourth-order valence-corrected chi connectivity index (χ4v) is 4.08. The quantitative estimate of drug-likeness (QED) is 0.452. The first kappa shape index (κ1) is 16.6. The molecule has 3 heteroatoms. The maximum Gasteiger partial charge on any atom is 0.256 e. The molecule has 1 amide bonds. The third-order valence-corrected chi connectivity index (χ3v) is 5.47. The fraction of sp³-hybridized carbons (Fsp3) is 0.0800. The van der Waals surface area contributed by atoms with Gasteiger partial charge in [0.2, 0.25) is 0 Å². The highest BCUT2D eigenvalue weighted by molar-refractivity contribution is 6.34. The largest absolute Gasteiger partial charge is 0.321 e. The Bertz CT molecular complexity index is 1280. The van der Waals surface area contributed by atoms with Crippen molar-refractivity contribution >= 4 is 34.0 Å². The Kier molecular flexibility index (Phi) is 3.69. The number of rotatable bonds is 2. The molecule has 0 atom stereocenters. The lowest BCUT2D eigenvalue weighted by atomic mass is 10.0. The summed E-state index contributed by atoms with van der Waals surface area (Å²) in [5.41, 5.74) is 7.02. The van der Waals surface area contributed by atoms with Crippen molar-refractivity contribution in [2.24, 2.45) is 0 Å². The van der Waals surface area contributed by atoms with Crippen LogP contribution in [0.15, 0.2) is 72.8 Å². The monoisotopic (exact) mass is 364 g/mol. The Hall–Kier alpha value is -3.59. The van der Waals surface area contributed by atoms with E-state index >= 15 is 0 Å². The molecule has 4 aromatic rings. The molecule has 0 spiro atoms. The minimum atomic E-state index is -0.0447. The number of para-hydroxylation sites is 1. The number of carbonyl (C=O) groups is 1. The van der Waals surface area contributed by atoms with Crippen molar-refractivity contribution in [3.05, 3.63) is 95.3 Å². The molecule has 3 nitrogen and oxygen atoms in total. The zero-order valence-corrected chi connectivity index (χ0v) is 15.9. The summed E-state index contributed by atoms with van der Waals surface area (Å²) in [4.78, 5) is 12.5. The molecule has 3 aromatic carbocycles. The highest BCUT2D eigenvalue weighted by Crippen LogP contribution is 2.34. The molecule has 0 fully saturated rings. The van der Waals surface area contributed by atoms with Crippen molar-refractivity contribution < 1.29 is 4.79 Å². The molecule has 1 N–H and O–H groups in total. The van der Waals surface area contributed by atoms with Crippen LogP contribution in [0.25, 0.3) is 28.1 Å². The standard InChI is InChI=1S/C25H20N2O/c1-16-13-20(15-23-22-9-5-6-10-24(22)26-25(23)28)17(2)27(16)21-12-11-18-7-3-4-8-19(18)14-21/h3-15H,1-2H3,(H,26,28)/b23-15+. The molecule has 0 radical (unpaired) electrons. The van der Waals surface area contributed by atoms with Crippen molar-refractivity contribution in [1.82, 2.24) is 4.57 Å². The van der Waals surface area contributed by atoms with Crippen LogP contribution in [0, 0.1) is 13.8 Å². The maximum absolute atomic E-state index is 12.5. The summed E-state index contributed by atoms with van der Waals surface area (Å²) in [7, 11) is 0. The number of nitrogens with one attached hydrogen (secondary N) is 1. The summed E-state index contributed by atoms with van der Waals surface area (Å²) >= 11 is 0. The summed E-state index contributed by atoms with van der Waals surface area (Å²) in [6.45, 7) is 4.21. The number of fused-ring (bicyclic) bond motifs is 2. The molecule has 0 aliphatic carbocycles. The molecule has 1 aliphatic rings. The van der Waals surface area contributed by atoms with Gasteiger partial charge < -0.3 is 9.88 Å². The summed E-state index contributed by atoms with van der Waals surface area (Å²) in [6.07, 6.45) is 2.00. The van der Waals surface area contributed by atoms with E-state index < -0.39 is 0 Å². The lowest BCUT2D eigenvalue weighted by molar-refractivity contribution is -0.110. The van der Waals surface area contributed by atoms with Crippen molar-refractivity contribution in [2.45, 2.75) is 13.8 Å². The van der Waals surface area contributed by atoms with E-state index in [2.05, 4.69) is 72.3 Å². The Morgan fingerprint density at radius 1 is 0.857 bits per heavy atom. The predicted molar refractivity (Wildman–Crippen MR) is 116 cm³/mol. The van der Waals surface area contributed by atoms with Gasteiger partial charge >= 0.3 is 0 Å². The molecule has 0 saturated carbocycles. The Morgan fingerprint density at radius 2 is 1.61 bits per heavy atom. The Morgan fingerprint density at radius 3 is 2.46 bits per heavy atom. The summed E-state index contributed by atoms with van der Waals surface area (Å²) in [5.74, 6) is -0.0447. The lowest BCUT2D eigenvalue weighted by Gasteiger charge is -2.11. The number of aromatic nitrogens is 1. The highest BCUT2D eigenvalue weighted by atomic mass is 16.2. The van der Waals surface area contributed by atoms with Gasteiger partial charge in [-0.3, -0.25) is 4.79 Å². The van der Waals surface area contributed by atoms with Gasteiger partial charge in [-0.1, -0.05) is 48.5 Å². The summed E-state index contributed by atoms with van der Waals surface area (Å²) in [5, 5.41) is 5.40. The van der Waals surface area contributed by atoms with Crippen LogP contribution in [0.2, 0.25) is 0 Å². The fourth-order valence-electron chi connectivity index (χ4n) is 4.08. The third kappa shape index (κ3) is 2.55. The van der Waals surface area contributed by atoms with Crippen molar-refractivity contribution in [3.63, 3.8) is 0 Å². The molecule has 2 heterocycles. The smallest absolute Gasteiger partial charge is 0.256 e. The molecule has 28 heavy (non-hydrogen) atoms. The first-order chi connectivity index (χ1) is 13.6. The predicted octanol–water partition coefficient (Wildman–Crippen LogP) is 5.74. The number of amides is 1.